The van der Waals surface area contributed by atoms with Crippen molar-refractivity contribution in [3.63, 3.8) is 0 Å². The normalized spacial score (nSPS) is 11.9. The Labute approximate surface area is 91.7 Å². The Hall–Kier alpha value is -1.47. The van der Waals surface area contributed by atoms with Gasteiger partial charge in [-0.25, -0.2) is 4.39 Å². The number of nitriles is 1. The van der Waals surface area contributed by atoms with Gasteiger partial charge < -0.3 is 9.84 Å². The minimum Gasteiger partial charge on any atom is -0.506 e. The van der Waals surface area contributed by atoms with Gasteiger partial charge in [-0.3, -0.25) is 0 Å². The van der Waals surface area contributed by atoms with Gasteiger partial charge in [-0.15, -0.1) is 0 Å². The highest BCUT2D eigenvalue weighted by atomic mass is 35.5. The number of phenolic OH excluding ortho intramolecular Hbond substituents is 1. The van der Waals surface area contributed by atoms with Gasteiger partial charge in [-0.05, 0) is 13.0 Å². The third kappa shape index (κ3) is 1.97. The molecule has 1 unspecified atom stereocenters. The van der Waals surface area contributed by atoms with E-state index in [1.165, 1.54) is 14.0 Å². The van der Waals surface area contributed by atoms with Crippen LogP contribution in [-0.2, 0) is 0 Å². The van der Waals surface area contributed by atoms with Gasteiger partial charge in [0.25, 0.3) is 0 Å². The number of methoxy groups -OCH3 is 1. The van der Waals surface area contributed by atoms with Crippen LogP contribution in [0.4, 0.5) is 4.39 Å². The highest BCUT2D eigenvalue weighted by Gasteiger charge is 2.20. The fourth-order valence-corrected chi connectivity index (χ4v) is 1.47. The summed E-state index contributed by atoms with van der Waals surface area (Å²) in [4.78, 5) is 0. The molecule has 0 radical (unpaired) electrons. The molecule has 0 heterocycles. The number of benzene rings is 1. The van der Waals surface area contributed by atoms with E-state index < -0.39 is 11.7 Å². The molecule has 15 heavy (non-hydrogen) atoms. The van der Waals surface area contributed by atoms with Crippen LogP contribution in [-0.4, -0.2) is 12.2 Å². The van der Waals surface area contributed by atoms with Crippen LogP contribution in [0.2, 0.25) is 5.02 Å². The number of hydrogen-bond donors (Lipinski definition) is 1. The van der Waals surface area contributed by atoms with E-state index in [1.54, 1.807) is 0 Å². The number of hydrogen-bond acceptors (Lipinski definition) is 3. The number of rotatable bonds is 2. The van der Waals surface area contributed by atoms with Crippen LogP contribution in [0.25, 0.3) is 0 Å². The summed E-state index contributed by atoms with van der Waals surface area (Å²) in [5, 5.41) is 18.1. The van der Waals surface area contributed by atoms with Crippen molar-refractivity contribution in [3.8, 4) is 17.6 Å². The maximum Gasteiger partial charge on any atom is 0.176 e. The molecule has 80 valence electrons. The first-order valence-electron chi connectivity index (χ1n) is 4.17. The van der Waals surface area contributed by atoms with Crippen molar-refractivity contribution in [1.29, 1.82) is 5.26 Å². The van der Waals surface area contributed by atoms with E-state index >= 15 is 0 Å². The molecular weight excluding hydrogens is 221 g/mol. The predicted octanol–water partition coefficient (Wildman–Crippen LogP) is 2.82. The predicted molar refractivity (Wildman–Crippen MR) is 53.7 cm³/mol. The number of aromatic hydroxyl groups is 1. The molecular formula is C10H9ClFNO2. The van der Waals surface area contributed by atoms with Gasteiger partial charge >= 0.3 is 0 Å². The Morgan fingerprint density at radius 1 is 1.67 bits per heavy atom. The Kier molecular flexibility index (Phi) is 3.38. The molecule has 1 rings (SSSR count). The zero-order valence-corrected chi connectivity index (χ0v) is 8.97. The van der Waals surface area contributed by atoms with Crippen LogP contribution >= 0.6 is 11.6 Å². The van der Waals surface area contributed by atoms with Crippen LogP contribution < -0.4 is 4.74 Å². The first-order chi connectivity index (χ1) is 7.02. The van der Waals surface area contributed by atoms with E-state index in [9.17, 15) is 9.50 Å². The topological polar surface area (TPSA) is 53.2 Å². The van der Waals surface area contributed by atoms with Crippen LogP contribution in [0.3, 0.4) is 0 Å². The van der Waals surface area contributed by atoms with Crippen molar-refractivity contribution in [2.45, 2.75) is 12.8 Å². The van der Waals surface area contributed by atoms with Gasteiger partial charge in [0.15, 0.2) is 11.6 Å². The first kappa shape index (κ1) is 11.6. The number of phenols is 1. The summed E-state index contributed by atoms with van der Waals surface area (Å²) < 4.78 is 18.0. The summed E-state index contributed by atoms with van der Waals surface area (Å²) in [6.07, 6.45) is 0. The van der Waals surface area contributed by atoms with Gasteiger partial charge in [0.1, 0.15) is 10.8 Å². The Morgan fingerprint density at radius 2 is 2.27 bits per heavy atom. The van der Waals surface area contributed by atoms with Gasteiger partial charge in [0, 0.05) is 5.56 Å². The van der Waals surface area contributed by atoms with E-state index in [-0.39, 0.29) is 22.1 Å². The third-order valence-electron chi connectivity index (χ3n) is 2.04. The number of ether oxygens (including phenoxy) is 1. The van der Waals surface area contributed by atoms with Crippen molar-refractivity contribution in [3.05, 3.63) is 22.5 Å². The van der Waals surface area contributed by atoms with E-state index in [0.29, 0.717) is 0 Å². The van der Waals surface area contributed by atoms with Gasteiger partial charge in [-0.1, -0.05) is 11.6 Å². The standard InChI is InChI=1S/C10H9ClFNO2/c1-5(4-13)6-3-7(12)10(15-2)8(11)9(6)14/h3,5,14H,1-2H3. The molecule has 5 heteroatoms. The van der Waals surface area contributed by atoms with Crippen molar-refractivity contribution >= 4 is 11.6 Å². The minimum absolute atomic E-state index is 0.154. The maximum atomic E-state index is 13.4. The van der Waals surface area contributed by atoms with E-state index in [0.717, 1.165) is 6.07 Å². The average Bonchev–Trinajstić information content (AvgIpc) is 2.23. The monoisotopic (exact) mass is 229 g/mol. The van der Waals surface area contributed by atoms with Crippen molar-refractivity contribution in [1.82, 2.24) is 0 Å². The second-order valence-electron chi connectivity index (χ2n) is 2.99. The summed E-state index contributed by atoms with van der Waals surface area (Å²) in [7, 11) is 1.25. The fourth-order valence-electron chi connectivity index (χ4n) is 1.20. The van der Waals surface area contributed by atoms with E-state index in [2.05, 4.69) is 4.74 Å². The van der Waals surface area contributed by atoms with Crippen LogP contribution in [0.5, 0.6) is 11.5 Å². The van der Waals surface area contributed by atoms with Crippen molar-refractivity contribution in [2.24, 2.45) is 0 Å². The molecule has 0 aliphatic rings. The lowest BCUT2D eigenvalue weighted by Gasteiger charge is -2.11. The SMILES string of the molecule is COc1c(F)cc(C(C)C#N)c(O)c1Cl. The highest BCUT2D eigenvalue weighted by Crippen LogP contribution is 2.40. The molecule has 0 aliphatic heterocycles. The second kappa shape index (κ2) is 4.37. The average molecular weight is 230 g/mol. The molecule has 0 saturated carbocycles. The summed E-state index contributed by atoms with van der Waals surface area (Å²) in [5.74, 6) is -1.87. The van der Waals surface area contributed by atoms with E-state index in [1.807, 2.05) is 6.07 Å². The summed E-state index contributed by atoms with van der Waals surface area (Å²) in [5.41, 5.74) is 0.154. The lowest BCUT2D eigenvalue weighted by atomic mass is 10.0. The van der Waals surface area contributed by atoms with Crippen molar-refractivity contribution < 1.29 is 14.2 Å². The van der Waals surface area contributed by atoms with Crippen molar-refractivity contribution in [2.75, 3.05) is 7.11 Å². The Morgan fingerprint density at radius 3 is 2.73 bits per heavy atom. The molecule has 0 fully saturated rings. The molecule has 0 aromatic heterocycles. The fraction of sp³-hybridized carbons (Fsp3) is 0.300. The zero-order chi connectivity index (χ0) is 11.6. The molecule has 0 aliphatic carbocycles. The van der Waals surface area contributed by atoms with E-state index in [4.69, 9.17) is 16.9 Å². The first-order valence-corrected chi connectivity index (χ1v) is 4.55. The summed E-state index contributed by atoms with van der Waals surface area (Å²) >= 11 is 5.68. The molecule has 3 nitrogen and oxygen atoms in total. The van der Waals surface area contributed by atoms with Gasteiger partial charge in [0.2, 0.25) is 0 Å². The lowest BCUT2D eigenvalue weighted by molar-refractivity contribution is 0.379. The maximum absolute atomic E-state index is 13.4. The van der Waals surface area contributed by atoms with Crippen LogP contribution in [0.1, 0.15) is 18.4 Å². The molecule has 0 spiro atoms. The highest BCUT2D eigenvalue weighted by molar-refractivity contribution is 6.33. The quantitative estimate of drug-likeness (QED) is 0.849. The second-order valence-corrected chi connectivity index (χ2v) is 3.37. The largest absolute Gasteiger partial charge is 0.506 e. The molecule has 1 N–H and O–H groups in total. The number of nitrogens with zero attached hydrogens (tertiary/aromatic N) is 1. The minimum atomic E-state index is -0.697. The van der Waals surface area contributed by atoms with Gasteiger partial charge in [-0.2, -0.15) is 5.26 Å². The molecule has 0 amide bonds. The summed E-state index contributed by atoms with van der Waals surface area (Å²) in [6, 6.07) is 2.94. The molecule has 1 aromatic carbocycles. The van der Waals surface area contributed by atoms with Crippen LogP contribution in [0, 0.1) is 17.1 Å². The van der Waals surface area contributed by atoms with Crippen LogP contribution in [0.15, 0.2) is 6.07 Å². The lowest BCUT2D eigenvalue weighted by Crippen LogP contribution is -1.96. The third-order valence-corrected chi connectivity index (χ3v) is 2.39. The molecule has 1 atom stereocenters. The Bertz CT molecular complexity index is 428. The zero-order valence-electron chi connectivity index (χ0n) is 8.21. The summed E-state index contributed by atoms with van der Waals surface area (Å²) in [6.45, 7) is 1.54. The molecule has 0 bridgehead atoms. The number of halogens is 2. The Balaban J connectivity index is 3.42. The molecule has 0 saturated heterocycles. The molecule has 1 aromatic rings. The smallest absolute Gasteiger partial charge is 0.176 e. The van der Waals surface area contributed by atoms with Gasteiger partial charge in [0.05, 0.1) is 19.1 Å².